The third-order valence-corrected chi connectivity index (χ3v) is 2.79. The Morgan fingerprint density at radius 2 is 2.15 bits per heavy atom. The van der Waals surface area contributed by atoms with Crippen molar-refractivity contribution in [2.75, 3.05) is 0 Å². The van der Waals surface area contributed by atoms with Gasteiger partial charge in [0.2, 0.25) is 5.91 Å². The zero-order valence-corrected chi connectivity index (χ0v) is 11.1. The summed E-state index contributed by atoms with van der Waals surface area (Å²) in [6.45, 7) is 1.84. The highest BCUT2D eigenvalue weighted by molar-refractivity contribution is 5.82. The second-order valence-corrected chi connectivity index (χ2v) is 4.39. The molecule has 1 rings (SSSR count). The van der Waals surface area contributed by atoms with Crippen LogP contribution in [0.15, 0.2) is 23.4 Å². The number of carbonyl (C=O) groups excluding carboxylic acids is 1. The summed E-state index contributed by atoms with van der Waals surface area (Å²) in [7, 11) is 0. The quantitative estimate of drug-likeness (QED) is 0.320. The lowest BCUT2D eigenvalue weighted by molar-refractivity contribution is -0.121. The maximum Gasteiger partial charge on any atom is 0.224 e. The molecule has 0 radical (unpaired) electrons. The molecule has 20 heavy (non-hydrogen) atoms. The molecule has 0 saturated heterocycles. The number of nitrogens with one attached hydrogen (secondary N) is 1. The lowest BCUT2D eigenvalue weighted by Gasteiger charge is -2.16. The van der Waals surface area contributed by atoms with Gasteiger partial charge in [0, 0.05) is 12.5 Å². The first-order chi connectivity index (χ1) is 9.46. The highest BCUT2D eigenvalue weighted by atomic mass is 19.2. The third kappa shape index (κ3) is 4.83. The standard InChI is InChI=1S/C13H17F2N3O2/c1-2-9(7-12(16)18-20)17-13(19)6-8-3-4-10(14)11(15)5-8/h3-5,9,20H,2,6-7H2,1H3,(H2,16,18)(H,17,19). The Bertz CT molecular complexity index is 506. The van der Waals surface area contributed by atoms with Crippen molar-refractivity contribution in [2.24, 2.45) is 10.9 Å². The van der Waals surface area contributed by atoms with Crippen LogP contribution in [-0.4, -0.2) is 23.0 Å². The Morgan fingerprint density at radius 3 is 2.70 bits per heavy atom. The van der Waals surface area contributed by atoms with Gasteiger partial charge in [-0.1, -0.05) is 18.1 Å². The highest BCUT2D eigenvalue weighted by Crippen LogP contribution is 2.09. The minimum absolute atomic E-state index is 0.0185. The van der Waals surface area contributed by atoms with E-state index < -0.39 is 11.6 Å². The summed E-state index contributed by atoms with van der Waals surface area (Å²) in [6, 6.07) is 3.04. The van der Waals surface area contributed by atoms with Crippen LogP contribution in [0.2, 0.25) is 0 Å². The predicted molar refractivity (Wildman–Crippen MR) is 70.3 cm³/mol. The zero-order chi connectivity index (χ0) is 15.1. The average Bonchev–Trinajstić information content (AvgIpc) is 2.41. The van der Waals surface area contributed by atoms with Gasteiger partial charge in [0.25, 0.3) is 0 Å². The van der Waals surface area contributed by atoms with Gasteiger partial charge in [-0.3, -0.25) is 4.79 Å². The molecule has 1 aromatic carbocycles. The lowest BCUT2D eigenvalue weighted by Crippen LogP contribution is -2.38. The molecule has 4 N–H and O–H groups in total. The maximum absolute atomic E-state index is 13.0. The molecule has 1 amide bonds. The van der Waals surface area contributed by atoms with Crippen LogP contribution in [0.5, 0.6) is 0 Å². The van der Waals surface area contributed by atoms with E-state index >= 15 is 0 Å². The van der Waals surface area contributed by atoms with E-state index in [2.05, 4.69) is 10.5 Å². The largest absolute Gasteiger partial charge is 0.409 e. The predicted octanol–water partition coefficient (Wildman–Crippen LogP) is 1.54. The molecular formula is C13H17F2N3O2. The summed E-state index contributed by atoms with van der Waals surface area (Å²) in [6.07, 6.45) is 0.750. The Kier molecular flexibility index (Phi) is 5.89. The number of benzene rings is 1. The molecule has 0 fully saturated rings. The van der Waals surface area contributed by atoms with Gasteiger partial charge in [-0.05, 0) is 24.1 Å². The van der Waals surface area contributed by atoms with Gasteiger partial charge >= 0.3 is 0 Å². The first-order valence-corrected chi connectivity index (χ1v) is 6.16. The zero-order valence-electron chi connectivity index (χ0n) is 11.1. The van der Waals surface area contributed by atoms with Crippen LogP contribution in [0.25, 0.3) is 0 Å². The number of amidine groups is 1. The Morgan fingerprint density at radius 1 is 1.45 bits per heavy atom. The van der Waals surface area contributed by atoms with Crippen LogP contribution in [0.3, 0.4) is 0 Å². The average molecular weight is 285 g/mol. The smallest absolute Gasteiger partial charge is 0.224 e. The van der Waals surface area contributed by atoms with Crippen molar-refractivity contribution in [1.82, 2.24) is 5.32 Å². The first-order valence-electron chi connectivity index (χ1n) is 6.16. The van der Waals surface area contributed by atoms with Gasteiger partial charge in [0.15, 0.2) is 11.6 Å². The molecule has 0 aromatic heterocycles. The van der Waals surface area contributed by atoms with Gasteiger partial charge in [-0.25, -0.2) is 8.78 Å². The van der Waals surface area contributed by atoms with Crippen molar-refractivity contribution < 1.29 is 18.8 Å². The van der Waals surface area contributed by atoms with E-state index in [1.807, 2.05) is 6.92 Å². The fourth-order valence-electron chi connectivity index (χ4n) is 1.70. The number of hydrogen-bond acceptors (Lipinski definition) is 3. The van der Waals surface area contributed by atoms with E-state index in [0.29, 0.717) is 12.0 Å². The number of nitrogens with zero attached hydrogens (tertiary/aromatic N) is 1. The molecule has 1 aromatic rings. The fraction of sp³-hybridized carbons (Fsp3) is 0.385. The summed E-state index contributed by atoms with van der Waals surface area (Å²) in [5.74, 6) is -2.26. The summed E-state index contributed by atoms with van der Waals surface area (Å²) >= 11 is 0. The van der Waals surface area contributed by atoms with Crippen LogP contribution in [0.1, 0.15) is 25.3 Å². The minimum Gasteiger partial charge on any atom is -0.409 e. The summed E-state index contributed by atoms with van der Waals surface area (Å²) in [4.78, 5) is 11.8. The number of carbonyl (C=O) groups is 1. The number of oxime groups is 1. The Labute approximate surface area is 115 Å². The lowest BCUT2D eigenvalue weighted by atomic mass is 10.1. The maximum atomic E-state index is 13.0. The highest BCUT2D eigenvalue weighted by Gasteiger charge is 2.13. The van der Waals surface area contributed by atoms with Gasteiger partial charge in [0.05, 0.1) is 6.42 Å². The van der Waals surface area contributed by atoms with Gasteiger partial charge in [0.1, 0.15) is 5.84 Å². The van der Waals surface area contributed by atoms with Crippen molar-refractivity contribution in [3.63, 3.8) is 0 Å². The molecular weight excluding hydrogens is 268 g/mol. The molecule has 7 heteroatoms. The van der Waals surface area contributed by atoms with Gasteiger partial charge < -0.3 is 16.3 Å². The van der Waals surface area contributed by atoms with E-state index in [0.717, 1.165) is 12.1 Å². The van der Waals surface area contributed by atoms with Crippen LogP contribution in [0, 0.1) is 11.6 Å². The van der Waals surface area contributed by atoms with E-state index in [9.17, 15) is 13.6 Å². The summed E-state index contributed by atoms with van der Waals surface area (Å²) in [5.41, 5.74) is 5.75. The Hall–Kier alpha value is -2.18. The molecule has 110 valence electrons. The van der Waals surface area contributed by atoms with Gasteiger partial charge in [-0.2, -0.15) is 0 Å². The van der Waals surface area contributed by atoms with Crippen LogP contribution in [-0.2, 0) is 11.2 Å². The molecule has 0 bridgehead atoms. The van der Waals surface area contributed by atoms with Crippen molar-refractivity contribution in [3.8, 4) is 0 Å². The third-order valence-electron chi connectivity index (χ3n) is 2.79. The van der Waals surface area contributed by atoms with Crippen molar-refractivity contribution >= 4 is 11.7 Å². The second kappa shape index (κ2) is 7.42. The molecule has 0 aliphatic heterocycles. The second-order valence-electron chi connectivity index (χ2n) is 4.39. The van der Waals surface area contributed by atoms with Crippen LogP contribution in [0.4, 0.5) is 8.78 Å². The molecule has 0 aliphatic carbocycles. The van der Waals surface area contributed by atoms with E-state index in [-0.39, 0.29) is 30.6 Å². The van der Waals surface area contributed by atoms with Crippen LogP contribution >= 0.6 is 0 Å². The molecule has 0 spiro atoms. The molecule has 1 atom stereocenters. The molecule has 5 nitrogen and oxygen atoms in total. The number of rotatable bonds is 6. The number of halogens is 2. The fourth-order valence-corrected chi connectivity index (χ4v) is 1.70. The first kappa shape index (κ1) is 15.9. The topological polar surface area (TPSA) is 87.7 Å². The number of hydrogen-bond donors (Lipinski definition) is 3. The van der Waals surface area contributed by atoms with Crippen molar-refractivity contribution in [2.45, 2.75) is 32.2 Å². The number of amides is 1. The SMILES string of the molecule is CCC(C/C(N)=N/O)NC(=O)Cc1ccc(F)c(F)c1. The minimum atomic E-state index is -0.987. The molecule has 0 aliphatic rings. The van der Waals surface area contributed by atoms with E-state index in [1.54, 1.807) is 0 Å². The van der Waals surface area contributed by atoms with Crippen molar-refractivity contribution in [1.29, 1.82) is 0 Å². The normalized spacial score (nSPS) is 13.1. The summed E-state index contributed by atoms with van der Waals surface area (Å²) in [5, 5.41) is 14.0. The van der Waals surface area contributed by atoms with Crippen LogP contribution < -0.4 is 11.1 Å². The van der Waals surface area contributed by atoms with E-state index in [4.69, 9.17) is 10.9 Å². The number of nitrogens with two attached hydrogens (primary N) is 1. The van der Waals surface area contributed by atoms with Gasteiger partial charge in [-0.15, -0.1) is 0 Å². The van der Waals surface area contributed by atoms with Crippen molar-refractivity contribution in [3.05, 3.63) is 35.4 Å². The summed E-state index contributed by atoms with van der Waals surface area (Å²) < 4.78 is 25.8. The molecule has 1 unspecified atom stereocenters. The molecule has 0 saturated carbocycles. The Balaban J connectivity index is 2.59. The van der Waals surface area contributed by atoms with E-state index in [1.165, 1.54) is 6.07 Å². The molecule has 0 heterocycles. The monoisotopic (exact) mass is 285 g/mol.